The molecule has 0 bridgehead atoms. The molecule has 4 heteroatoms. The summed E-state index contributed by atoms with van der Waals surface area (Å²) in [5, 5.41) is 17.8. The van der Waals surface area contributed by atoms with E-state index in [0.717, 1.165) is 12.1 Å². The van der Waals surface area contributed by atoms with Crippen molar-refractivity contribution < 1.29 is 4.79 Å². The quantitative estimate of drug-likeness (QED) is 0.784. The number of hydrogen-bond donors (Lipinski definition) is 0. The molecule has 0 aliphatic heterocycles. The molecule has 0 aliphatic rings. The number of hydrogen-bond acceptors (Lipinski definition) is 3. The molecule has 1 unspecified atom stereocenters. The van der Waals surface area contributed by atoms with E-state index in [1.165, 1.54) is 4.90 Å². The van der Waals surface area contributed by atoms with Crippen LogP contribution >= 0.6 is 0 Å². The van der Waals surface area contributed by atoms with Crippen molar-refractivity contribution in [2.45, 2.75) is 26.2 Å². The monoisotopic (exact) mass is 255 g/mol. The predicted octanol–water partition coefficient (Wildman–Crippen LogP) is 2.87. The summed E-state index contributed by atoms with van der Waals surface area (Å²) in [4.78, 5) is 13.9. The van der Waals surface area contributed by atoms with E-state index in [1.54, 1.807) is 0 Å². The largest absolute Gasteiger partial charge is 0.310 e. The second kappa shape index (κ2) is 7.89. The third kappa shape index (κ3) is 4.12. The Bertz CT molecular complexity index is 484. The Morgan fingerprint density at radius 3 is 2.53 bits per heavy atom. The molecule has 0 spiro atoms. The Balaban J connectivity index is 2.94. The Kier molecular flexibility index (Phi) is 6.12. The Labute approximate surface area is 113 Å². The van der Waals surface area contributed by atoms with Crippen LogP contribution in [0.4, 0.5) is 5.69 Å². The molecule has 0 heterocycles. The van der Waals surface area contributed by atoms with Gasteiger partial charge in [0.05, 0.1) is 18.6 Å². The molecular formula is C15H17N3O. The van der Waals surface area contributed by atoms with Gasteiger partial charge >= 0.3 is 0 Å². The zero-order valence-corrected chi connectivity index (χ0v) is 11.0. The molecule has 1 aromatic carbocycles. The van der Waals surface area contributed by atoms with Crippen LogP contribution in [0.2, 0.25) is 0 Å². The Hall–Kier alpha value is -2.33. The molecule has 1 atom stereocenters. The number of para-hydroxylation sites is 1. The molecule has 1 aromatic rings. The van der Waals surface area contributed by atoms with Gasteiger partial charge in [0.1, 0.15) is 5.92 Å². The summed E-state index contributed by atoms with van der Waals surface area (Å²) < 4.78 is 0. The van der Waals surface area contributed by atoms with Crippen LogP contribution in [-0.4, -0.2) is 12.5 Å². The minimum absolute atomic E-state index is 0.217. The van der Waals surface area contributed by atoms with E-state index < -0.39 is 5.92 Å². The van der Waals surface area contributed by atoms with E-state index in [4.69, 9.17) is 10.5 Å². The van der Waals surface area contributed by atoms with Gasteiger partial charge in [-0.15, -0.1) is 0 Å². The highest BCUT2D eigenvalue weighted by Gasteiger charge is 2.24. The molecule has 0 saturated carbocycles. The topological polar surface area (TPSA) is 67.9 Å². The molecule has 0 aliphatic carbocycles. The molecule has 19 heavy (non-hydrogen) atoms. The van der Waals surface area contributed by atoms with Crippen LogP contribution in [0, 0.1) is 28.6 Å². The second-order valence-electron chi connectivity index (χ2n) is 4.20. The number of rotatable bonds is 6. The normalized spacial score (nSPS) is 11.1. The van der Waals surface area contributed by atoms with Crippen LogP contribution < -0.4 is 4.90 Å². The SMILES string of the molecule is CCCC(C#N)C(=O)N(CCC#N)c1ccccc1. The first kappa shape index (κ1) is 14.7. The molecule has 0 saturated heterocycles. The van der Waals surface area contributed by atoms with Crippen molar-refractivity contribution >= 4 is 11.6 Å². The van der Waals surface area contributed by atoms with E-state index in [-0.39, 0.29) is 12.3 Å². The van der Waals surface area contributed by atoms with Gasteiger partial charge in [0.15, 0.2) is 0 Å². The second-order valence-corrected chi connectivity index (χ2v) is 4.20. The summed E-state index contributed by atoms with van der Waals surface area (Å²) in [5.74, 6) is -0.852. The fourth-order valence-electron chi connectivity index (χ4n) is 1.86. The summed E-state index contributed by atoms with van der Waals surface area (Å²) in [6.07, 6.45) is 1.58. The average Bonchev–Trinajstić information content (AvgIpc) is 2.46. The van der Waals surface area contributed by atoms with Gasteiger partial charge in [-0.2, -0.15) is 10.5 Å². The summed E-state index contributed by atoms with van der Waals surface area (Å²) in [6, 6.07) is 13.3. The zero-order valence-electron chi connectivity index (χ0n) is 11.0. The number of carbonyl (C=O) groups is 1. The van der Waals surface area contributed by atoms with E-state index in [0.29, 0.717) is 13.0 Å². The number of anilines is 1. The number of amides is 1. The lowest BCUT2D eigenvalue weighted by atomic mass is 10.0. The van der Waals surface area contributed by atoms with Crippen molar-refractivity contribution in [3.8, 4) is 12.1 Å². The van der Waals surface area contributed by atoms with Crippen molar-refractivity contribution in [3.05, 3.63) is 30.3 Å². The van der Waals surface area contributed by atoms with Crippen LogP contribution in [0.1, 0.15) is 26.2 Å². The molecule has 1 rings (SSSR count). The minimum atomic E-state index is -0.635. The van der Waals surface area contributed by atoms with Gasteiger partial charge in [0.2, 0.25) is 5.91 Å². The molecule has 0 fully saturated rings. The van der Waals surface area contributed by atoms with Crippen LogP contribution in [-0.2, 0) is 4.79 Å². The molecule has 0 N–H and O–H groups in total. The van der Waals surface area contributed by atoms with Crippen molar-refractivity contribution in [2.24, 2.45) is 5.92 Å². The fraction of sp³-hybridized carbons (Fsp3) is 0.400. The summed E-state index contributed by atoms with van der Waals surface area (Å²) in [5.41, 5.74) is 0.735. The number of benzene rings is 1. The average molecular weight is 255 g/mol. The predicted molar refractivity (Wildman–Crippen MR) is 73.0 cm³/mol. The van der Waals surface area contributed by atoms with Crippen LogP contribution in [0.5, 0.6) is 0 Å². The van der Waals surface area contributed by atoms with Crippen LogP contribution in [0.15, 0.2) is 30.3 Å². The third-order valence-corrected chi connectivity index (χ3v) is 2.81. The van der Waals surface area contributed by atoms with E-state index in [2.05, 4.69) is 6.07 Å². The van der Waals surface area contributed by atoms with Crippen LogP contribution in [0.3, 0.4) is 0 Å². The number of carbonyl (C=O) groups excluding carboxylic acids is 1. The maximum Gasteiger partial charge on any atom is 0.244 e. The van der Waals surface area contributed by atoms with Crippen molar-refractivity contribution in [1.29, 1.82) is 10.5 Å². The lowest BCUT2D eigenvalue weighted by Gasteiger charge is -2.24. The highest BCUT2D eigenvalue weighted by molar-refractivity contribution is 5.96. The van der Waals surface area contributed by atoms with Crippen molar-refractivity contribution in [3.63, 3.8) is 0 Å². The fourth-order valence-corrected chi connectivity index (χ4v) is 1.86. The first-order valence-electron chi connectivity index (χ1n) is 6.37. The Morgan fingerprint density at radius 2 is 2.00 bits per heavy atom. The first-order chi connectivity index (χ1) is 9.24. The van der Waals surface area contributed by atoms with Gasteiger partial charge in [-0.05, 0) is 18.6 Å². The van der Waals surface area contributed by atoms with E-state index in [9.17, 15) is 4.79 Å². The lowest BCUT2D eigenvalue weighted by molar-refractivity contribution is -0.121. The van der Waals surface area contributed by atoms with Crippen molar-refractivity contribution in [1.82, 2.24) is 0 Å². The van der Waals surface area contributed by atoms with Crippen LogP contribution in [0.25, 0.3) is 0 Å². The van der Waals surface area contributed by atoms with Gasteiger partial charge in [0, 0.05) is 12.2 Å². The number of nitrogens with zero attached hydrogens (tertiary/aromatic N) is 3. The van der Waals surface area contributed by atoms with E-state index >= 15 is 0 Å². The van der Waals surface area contributed by atoms with Gasteiger partial charge in [0.25, 0.3) is 0 Å². The molecule has 1 amide bonds. The third-order valence-electron chi connectivity index (χ3n) is 2.81. The molecule has 0 radical (unpaired) electrons. The Morgan fingerprint density at radius 1 is 1.32 bits per heavy atom. The van der Waals surface area contributed by atoms with Crippen molar-refractivity contribution in [2.75, 3.05) is 11.4 Å². The molecule has 4 nitrogen and oxygen atoms in total. The molecule has 0 aromatic heterocycles. The summed E-state index contributed by atoms with van der Waals surface area (Å²) in [6.45, 7) is 2.26. The lowest BCUT2D eigenvalue weighted by Crippen LogP contribution is -2.36. The first-order valence-corrected chi connectivity index (χ1v) is 6.37. The maximum atomic E-state index is 12.4. The highest BCUT2D eigenvalue weighted by Crippen LogP contribution is 2.18. The highest BCUT2D eigenvalue weighted by atomic mass is 16.2. The van der Waals surface area contributed by atoms with Gasteiger partial charge < -0.3 is 4.90 Å². The number of nitriles is 2. The summed E-state index contributed by atoms with van der Waals surface area (Å²) in [7, 11) is 0. The van der Waals surface area contributed by atoms with Gasteiger partial charge in [-0.3, -0.25) is 4.79 Å². The van der Waals surface area contributed by atoms with Gasteiger partial charge in [-0.25, -0.2) is 0 Å². The minimum Gasteiger partial charge on any atom is -0.310 e. The smallest absolute Gasteiger partial charge is 0.244 e. The molecule has 98 valence electrons. The van der Waals surface area contributed by atoms with E-state index in [1.807, 2.05) is 43.3 Å². The molecular weight excluding hydrogens is 238 g/mol. The zero-order chi connectivity index (χ0) is 14.1. The maximum absolute atomic E-state index is 12.4. The standard InChI is InChI=1S/C15H17N3O/c1-2-7-13(12-17)15(19)18(11-6-10-16)14-8-4-3-5-9-14/h3-5,8-9,13H,2,6-7,11H2,1H3. The van der Waals surface area contributed by atoms with Gasteiger partial charge in [-0.1, -0.05) is 31.5 Å². The summed E-state index contributed by atoms with van der Waals surface area (Å²) >= 11 is 0.